The van der Waals surface area contributed by atoms with Gasteiger partial charge in [0.15, 0.2) is 0 Å². The molecule has 2 aromatic rings. The fourth-order valence-corrected chi connectivity index (χ4v) is 1.08. The average Bonchev–Trinajstić information content (AvgIpc) is 2.64. The summed E-state index contributed by atoms with van der Waals surface area (Å²) in [5.74, 6) is 0.442. The maximum atomic E-state index is 5.50. The zero-order valence-electron chi connectivity index (χ0n) is 8.38. The molecule has 0 amide bonds. The van der Waals surface area contributed by atoms with Crippen LogP contribution in [0.25, 0.3) is 5.95 Å². The predicted molar refractivity (Wildman–Crippen MR) is 52.7 cm³/mol. The van der Waals surface area contributed by atoms with Gasteiger partial charge in [-0.2, -0.15) is 20.1 Å². The lowest BCUT2D eigenvalue weighted by Crippen LogP contribution is -2.08. The van der Waals surface area contributed by atoms with Crippen LogP contribution in [0.15, 0.2) is 12.3 Å². The first-order chi connectivity index (χ1) is 7.19. The summed E-state index contributed by atoms with van der Waals surface area (Å²) in [5.41, 5.74) is 6.36. The van der Waals surface area contributed by atoms with E-state index in [4.69, 9.17) is 10.5 Å². The Morgan fingerprint density at radius 3 is 2.73 bits per heavy atom. The van der Waals surface area contributed by atoms with Crippen molar-refractivity contribution in [3.8, 4) is 12.0 Å². The molecule has 0 aliphatic carbocycles. The average molecular weight is 206 g/mol. The third kappa shape index (κ3) is 1.85. The molecule has 0 spiro atoms. The van der Waals surface area contributed by atoms with Crippen LogP contribution in [0.4, 0.5) is 5.95 Å². The quantitative estimate of drug-likeness (QED) is 0.741. The van der Waals surface area contributed by atoms with E-state index in [0.29, 0.717) is 5.95 Å². The van der Waals surface area contributed by atoms with Crippen LogP contribution < -0.4 is 10.5 Å². The molecule has 0 fully saturated rings. The van der Waals surface area contributed by atoms with Gasteiger partial charge in [0.05, 0.1) is 12.8 Å². The van der Waals surface area contributed by atoms with Gasteiger partial charge < -0.3 is 10.5 Å². The molecule has 0 saturated heterocycles. The van der Waals surface area contributed by atoms with Crippen LogP contribution in [-0.2, 0) is 0 Å². The van der Waals surface area contributed by atoms with Crippen LogP contribution in [0.3, 0.4) is 0 Å². The van der Waals surface area contributed by atoms with E-state index in [1.807, 2.05) is 13.0 Å². The highest BCUT2D eigenvalue weighted by atomic mass is 16.5. The van der Waals surface area contributed by atoms with Crippen LogP contribution in [-0.4, -0.2) is 31.8 Å². The second kappa shape index (κ2) is 3.52. The van der Waals surface area contributed by atoms with E-state index >= 15 is 0 Å². The number of nitrogens with two attached hydrogens (primary N) is 1. The van der Waals surface area contributed by atoms with Gasteiger partial charge in [-0.3, -0.25) is 0 Å². The Kier molecular flexibility index (Phi) is 2.20. The number of ether oxygens (including phenoxy) is 1. The molecule has 0 unspecified atom stereocenters. The number of aryl methyl sites for hydroxylation is 1. The summed E-state index contributed by atoms with van der Waals surface area (Å²) in [4.78, 5) is 11.7. The first-order valence-corrected chi connectivity index (χ1v) is 4.27. The van der Waals surface area contributed by atoms with E-state index in [9.17, 15) is 0 Å². The lowest BCUT2D eigenvalue weighted by molar-refractivity contribution is 0.377. The highest BCUT2D eigenvalue weighted by Crippen LogP contribution is 2.08. The van der Waals surface area contributed by atoms with E-state index in [1.54, 1.807) is 6.20 Å². The number of nitrogen functional groups attached to an aromatic ring is 1. The first kappa shape index (κ1) is 9.38. The van der Waals surface area contributed by atoms with Crippen molar-refractivity contribution in [3.63, 3.8) is 0 Å². The van der Waals surface area contributed by atoms with Crippen molar-refractivity contribution in [2.24, 2.45) is 0 Å². The van der Waals surface area contributed by atoms with Crippen molar-refractivity contribution >= 4 is 5.95 Å². The van der Waals surface area contributed by atoms with Gasteiger partial charge in [0.1, 0.15) is 0 Å². The smallest absolute Gasteiger partial charge is 0.322 e. The molecule has 0 aliphatic rings. The number of nitrogens with zero attached hydrogens (tertiary/aromatic N) is 5. The maximum Gasteiger partial charge on any atom is 0.322 e. The third-order valence-corrected chi connectivity index (χ3v) is 1.73. The monoisotopic (exact) mass is 206 g/mol. The van der Waals surface area contributed by atoms with E-state index in [1.165, 1.54) is 11.8 Å². The summed E-state index contributed by atoms with van der Waals surface area (Å²) in [6.07, 6.45) is 1.74. The molecular weight excluding hydrogens is 196 g/mol. The van der Waals surface area contributed by atoms with Gasteiger partial charge in [0.2, 0.25) is 5.95 Å². The molecule has 0 aromatic carbocycles. The summed E-state index contributed by atoms with van der Waals surface area (Å²) in [6, 6.07) is 2.01. The minimum atomic E-state index is 0.102. The molecule has 2 aromatic heterocycles. The molecule has 0 radical (unpaired) electrons. The van der Waals surface area contributed by atoms with Crippen LogP contribution in [0.5, 0.6) is 6.01 Å². The number of rotatable bonds is 2. The van der Waals surface area contributed by atoms with Crippen molar-refractivity contribution in [2.45, 2.75) is 6.92 Å². The van der Waals surface area contributed by atoms with Crippen molar-refractivity contribution in [1.29, 1.82) is 0 Å². The Balaban J connectivity index is 2.48. The molecule has 0 bridgehead atoms. The molecule has 7 nitrogen and oxygen atoms in total. The number of anilines is 1. The van der Waals surface area contributed by atoms with Gasteiger partial charge in [-0.05, 0) is 13.0 Å². The minimum Gasteiger partial charge on any atom is -0.467 e. The van der Waals surface area contributed by atoms with Gasteiger partial charge in [0, 0.05) is 6.20 Å². The minimum absolute atomic E-state index is 0.102. The topological polar surface area (TPSA) is 91.7 Å². The van der Waals surface area contributed by atoms with E-state index in [0.717, 1.165) is 5.69 Å². The van der Waals surface area contributed by atoms with Gasteiger partial charge in [-0.25, -0.2) is 4.68 Å². The van der Waals surface area contributed by atoms with Crippen LogP contribution in [0, 0.1) is 6.92 Å². The zero-order chi connectivity index (χ0) is 10.8. The normalized spacial score (nSPS) is 10.3. The van der Waals surface area contributed by atoms with Crippen LogP contribution in [0.2, 0.25) is 0 Å². The van der Waals surface area contributed by atoms with Gasteiger partial charge in [-0.1, -0.05) is 0 Å². The summed E-state index contributed by atoms with van der Waals surface area (Å²) >= 11 is 0. The number of hydrogen-bond donors (Lipinski definition) is 1. The van der Waals surface area contributed by atoms with Gasteiger partial charge in [-0.15, -0.1) is 0 Å². The Bertz CT molecular complexity index is 480. The second-order valence-electron chi connectivity index (χ2n) is 2.88. The summed E-state index contributed by atoms with van der Waals surface area (Å²) in [5, 5.41) is 4.15. The lowest BCUT2D eigenvalue weighted by Gasteiger charge is -2.02. The fraction of sp³-hybridized carbons (Fsp3) is 0.250. The molecule has 78 valence electrons. The molecule has 2 N–H and O–H groups in total. The summed E-state index contributed by atoms with van der Waals surface area (Å²) < 4.78 is 6.39. The Labute approximate surface area is 85.9 Å². The third-order valence-electron chi connectivity index (χ3n) is 1.73. The largest absolute Gasteiger partial charge is 0.467 e. The fourth-order valence-electron chi connectivity index (χ4n) is 1.08. The Hall–Kier alpha value is -2.18. The first-order valence-electron chi connectivity index (χ1n) is 4.27. The number of hydrogen-bond acceptors (Lipinski definition) is 6. The molecular formula is C8H10N6O. The van der Waals surface area contributed by atoms with Crippen molar-refractivity contribution in [1.82, 2.24) is 24.7 Å². The van der Waals surface area contributed by atoms with Gasteiger partial charge >= 0.3 is 6.01 Å². The van der Waals surface area contributed by atoms with E-state index in [-0.39, 0.29) is 12.0 Å². The Morgan fingerprint density at radius 2 is 2.13 bits per heavy atom. The standard InChI is InChI=1S/C8H10N6O/c1-5-3-4-14(13-5)7-10-6(9)11-8(12-7)15-2/h3-4H,1-2H3,(H2,9,10,11,12). The second-order valence-corrected chi connectivity index (χ2v) is 2.88. The van der Waals surface area contributed by atoms with Crippen molar-refractivity contribution < 1.29 is 4.74 Å². The molecule has 7 heteroatoms. The molecule has 2 heterocycles. The van der Waals surface area contributed by atoms with Crippen molar-refractivity contribution in [2.75, 3.05) is 12.8 Å². The predicted octanol–water partition coefficient (Wildman–Crippen LogP) is -0.0435. The van der Waals surface area contributed by atoms with Crippen LogP contribution in [0.1, 0.15) is 5.69 Å². The number of methoxy groups -OCH3 is 1. The van der Waals surface area contributed by atoms with E-state index in [2.05, 4.69) is 20.1 Å². The molecule has 0 saturated carbocycles. The lowest BCUT2D eigenvalue weighted by atomic mass is 10.5. The number of aromatic nitrogens is 5. The molecule has 0 aliphatic heterocycles. The van der Waals surface area contributed by atoms with Crippen LogP contribution >= 0.6 is 0 Å². The highest BCUT2D eigenvalue weighted by molar-refractivity contribution is 5.24. The Morgan fingerprint density at radius 1 is 1.33 bits per heavy atom. The van der Waals surface area contributed by atoms with E-state index < -0.39 is 0 Å². The highest BCUT2D eigenvalue weighted by Gasteiger charge is 2.06. The molecule has 0 atom stereocenters. The summed E-state index contributed by atoms with van der Waals surface area (Å²) in [7, 11) is 1.47. The molecule has 15 heavy (non-hydrogen) atoms. The molecule has 2 rings (SSSR count). The van der Waals surface area contributed by atoms with Crippen molar-refractivity contribution in [3.05, 3.63) is 18.0 Å². The SMILES string of the molecule is COc1nc(N)nc(-n2ccc(C)n2)n1. The zero-order valence-corrected chi connectivity index (χ0v) is 8.38. The maximum absolute atomic E-state index is 5.50. The summed E-state index contributed by atoms with van der Waals surface area (Å²) in [6.45, 7) is 1.87. The van der Waals surface area contributed by atoms with Gasteiger partial charge in [0.25, 0.3) is 5.95 Å².